The highest BCUT2D eigenvalue weighted by Gasteiger charge is 2.12. The number of nitrogens with zero attached hydrogens (tertiary/aromatic N) is 1. The first-order chi connectivity index (χ1) is 9.10. The van der Waals surface area contributed by atoms with Gasteiger partial charge in [-0.2, -0.15) is 0 Å². The number of aryl methyl sites for hydroxylation is 1. The van der Waals surface area contributed by atoms with Gasteiger partial charge in [0.15, 0.2) is 0 Å². The normalized spacial score (nSPS) is 10.4. The van der Waals surface area contributed by atoms with Crippen LogP contribution in [-0.4, -0.2) is 16.0 Å². The number of hydrogen-bond donors (Lipinski definition) is 2. The summed E-state index contributed by atoms with van der Waals surface area (Å²) in [5, 5.41) is 12.6. The minimum absolute atomic E-state index is 0.159. The van der Waals surface area contributed by atoms with Crippen molar-refractivity contribution in [2.24, 2.45) is 0 Å². The van der Waals surface area contributed by atoms with Gasteiger partial charge >= 0.3 is 0 Å². The lowest BCUT2D eigenvalue weighted by atomic mass is 10.2. The Bertz CT molecular complexity index is 595. The maximum Gasteiger partial charge on any atom is 0.255 e. The molecule has 2 N–H and O–H groups in total. The molecule has 0 saturated heterocycles. The summed E-state index contributed by atoms with van der Waals surface area (Å²) in [6, 6.07) is 4.31. The molecule has 6 heteroatoms. The lowest BCUT2D eigenvalue weighted by Crippen LogP contribution is -2.23. The average Bonchev–Trinajstić information content (AvgIpc) is 2.84. The summed E-state index contributed by atoms with van der Waals surface area (Å²) in [5.74, 6) is 0.620. The van der Waals surface area contributed by atoms with Crippen molar-refractivity contribution >= 4 is 17.5 Å². The van der Waals surface area contributed by atoms with E-state index in [2.05, 4.69) is 10.3 Å². The van der Waals surface area contributed by atoms with E-state index >= 15 is 0 Å². The molecule has 1 amide bonds. The SMILES string of the molecule is CCc1cnc(CNC(=O)c2ccc(Cl)cc2O)o1. The molecule has 1 heterocycles. The summed E-state index contributed by atoms with van der Waals surface area (Å²) in [7, 11) is 0. The van der Waals surface area contributed by atoms with Gasteiger partial charge in [0.05, 0.1) is 18.3 Å². The molecule has 0 radical (unpaired) electrons. The summed E-state index contributed by atoms with van der Waals surface area (Å²) >= 11 is 5.70. The van der Waals surface area contributed by atoms with Crippen molar-refractivity contribution in [3.63, 3.8) is 0 Å². The highest BCUT2D eigenvalue weighted by molar-refractivity contribution is 6.30. The molecule has 0 unspecified atom stereocenters. The van der Waals surface area contributed by atoms with E-state index in [4.69, 9.17) is 16.0 Å². The Morgan fingerprint density at radius 3 is 2.95 bits per heavy atom. The van der Waals surface area contributed by atoms with Gasteiger partial charge in [-0.05, 0) is 18.2 Å². The number of oxazole rings is 1. The first-order valence-corrected chi connectivity index (χ1v) is 6.18. The number of hydrogen-bond acceptors (Lipinski definition) is 4. The van der Waals surface area contributed by atoms with Crippen LogP contribution in [0.4, 0.5) is 0 Å². The number of carbonyl (C=O) groups is 1. The summed E-state index contributed by atoms with van der Waals surface area (Å²) in [6.07, 6.45) is 2.38. The lowest BCUT2D eigenvalue weighted by Gasteiger charge is -2.05. The molecule has 1 aromatic heterocycles. The molecule has 2 rings (SSSR count). The number of rotatable bonds is 4. The highest BCUT2D eigenvalue weighted by atomic mass is 35.5. The van der Waals surface area contributed by atoms with Crippen LogP contribution < -0.4 is 5.32 Å². The van der Waals surface area contributed by atoms with Crippen molar-refractivity contribution < 1.29 is 14.3 Å². The smallest absolute Gasteiger partial charge is 0.255 e. The van der Waals surface area contributed by atoms with Gasteiger partial charge in [-0.1, -0.05) is 18.5 Å². The Morgan fingerprint density at radius 1 is 1.53 bits per heavy atom. The van der Waals surface area contributed by atoms with E-state index in [-0.39, 0.29) is 17.9 Å². The standard InChI is InChI=1S/C13H13ClN2O3/c1-2-9-6-15-12(19-9)7-16-13(18)10-4-3-8(14)5-11(10)17/h3-6,17H,2,7H2,1H3,(H,16,18). The molecule has 0 aliphatic heterocycles. The van der Waals surface area contributed by atoms with Gasteiger partial charge in [0.25, 0.3) is 5.91 Å². The van der Waals surface area contributed by atoms with E-state index in [0.717, 1.165) is 12.2 Å². The van der Waals surface area contributed by atoms with Crippen LogP contribution in [0.25, 0.3) is 0 Å². The van der Waals surface area contributed by atoms with E-state index in [1.54, 1.807) is 6.20 Å². The molecule has 0 saturated carbocycles. The minimum atomic E-state index is -0.412. The Hall–Kier alpha value is -2.01. The first kappa shape index (κ1) is 13.4. The van der Waals surface area contributed by atoms with E-state index in [1.165, 1.54) is 18.2 Å². The maximum atomic E-state index is 11.8. The summed E-state index contributed by atoms with van der Waals surface area (Å²) in [5.41, 5.74) is 0.159. The Morgan fingerprint density at radius 2 is 2.32 bits per heavy atom. The minimum Gasteiger partial charge on any atom is -0.507 e. The van der Waals surface area contributed by atoms with Gasteiger partial charge in [0.1, 0.15) is 11.5 Å². The molecule has 1 aromatic carbocycles. The number of phenolic OH excluding ortho intramolecular Hbond substituents is 1. The fraction of sp³-hybridized carbons (Fsp3) is 0.231. The van der Waals surface area contributed by atoms with Gasteiger partial charge in [-0.3, -0.25) is 4.79 Å². The van der Waals surface area contributed by atoms with Crippen molar-refractivity contribution in [2.45, 2.75) is 19.9 Å². The van der Waals surface area contributed by atoms with E-state index in [9.17, 15) is 9.90 Å². The summed E-state index contributed by atoms with van der Waals surface area (Å²) < 4.78 is 5.36. The van der Waals surface area contributed by atoms with Gasteiger partial charge in [-0.25, -0.2) is 4.98 Å². The number of aromatic nitrogens is 1. The third kappa shape index (κ3) is 3.26. The molecule has 0 fully saturated rings. The number of halogens is 1. The molecule has 2 aromatic rings. The molecule has 0 aliphatic rings. The van der Waals surface area contributed by atoms with Crippen molar-refractivity contribution in [3.8, 4) is 5.75 Å². The monoisotopic (exact) mass is 280 g/mol. The van der Waals surface area contributed by atoms with E-state index in [0.29, 0.717) is 10.9 Å². The zero-order valence-electron chi connectivity index (χ0n) is 10.3. The fourth-order valence-corrected chi connectivity index (χ4v) is 1.71. The molecule has 0 bridgehead atoms. The van der Waals surface area contributed by atoms with Gasteiger partial charge in [0.2, 0.25) is 5.89 Å². The maximum absolute atomic E-state index is 11.8. The number of carbonyl (C=O) groups excluding carboxylic acids is 1. The van der Waals surface area contributed by atoms with Gasteiger partial charge in [0, 0.05) is 11.4 Å². The van der Waals surface area contributed by atoms with Gasteiger partial charge < -0.3 is 14.8 Å². The number of aromatic hydroxyl groups is 1. The largest absolute Gasteiger partial charge is 0.507 e. The second-order valence-electron chi connectivity index (χ2n) is 3.92. The molecule has 0 atom stereocenters. The predicted molar refractivity (Wildman–Crippen MR) is 70.2 cm³/mol. The predicted octanol–water partition coefficient (Wildman–Crippen LogP) is 2.53. The summed E-state index contributed by atoms with van der Waals surface area (Å²) in [4.78, 5) is 15.9. The number of amides is 1. The number of phenols is 1. The second kappa shape index (κ2) is 5.75. The fourth-order valence-electron chi connectivity index (χ4n) is 1.54. The van der Waals surface area contributed by atoms with Crippen LogP contribution in [-0.2, 0) is 13.0 Å². The highest BCUT2D eigenvalue weighted by Crippen LogP contribution is 2.21. The van der Waals surface area contributed by atoms with Crippen LogP contribution >= 0.6 is 11.6 Å². The Balaban J connectivity index is 2.01. The van der Waals surface area contributed by atoms with Crippen LogP contribution in [0.1, 0.15) is 28.9 Å². The molecule has 0 spiro atoms. The average molecular weight is 281 g/mol. The molecule has 100 valence electrons. The molecular formula is C13H13ClN2O3. The quantitative estimate of drug-likeness (QED) is 0.902. The number of benzene rings is 1. The van der Waals surface area contributed by atoms with Crippen LogP contribution in [0.3, 0.4) is 0 Å². The molecule has 5 nitrogen and oxygen atoms in total. The zero-order chi connectivity index (χ0) is 13.8. The third-order valence-corrected chi connectivity index (χ3v) is 2.79. The van der Waals surface area contributed by atoms with Crippen molar-refractivity contribution in [2.75, 3.05) is 0 Å². The van der Waals surface area contributed by atoms with E-state index < -0.39 is 5.91 Å². The molecule has 19 heavy (non-hydrogen) atoms. The zero-order valence-corrected chi connectivity index (χ0v) is 11.1. The second-order valence-corrected chi connectivity index (χ2v) is 4.35. The van der Waals surface area contributed by atoms with Crippen LogP contribution in [0.15, 0.2) is 28.8 Å². The van der Waals surface area contributed by atoms with Crippen molar-refractivity contribution in [1.29, 1.82) is 0 Å². The van der Waals surface area contributed by atoms with Crippen LogP contribution in [0, 0.1) is 0 Å². The van der Waals surface area contributed by atoms with E-state index in [1.807, 2.05) is 6.92 Å². The lowest BCUT2D eigenvalue weighted by molar-refractivity contribution is 0.0944. The molecule has 0 aliphatic carbocycles. The third-order valence-electron chi connectivity index (χ3n) is 2.55. The van der Waals surface area contributed by atoms with Crippen molar-refractivity contribution in [3.05, 3.63) is 46.6 Å². The summed E-state index contributed by atoms with van der Waals surface area (Å²) in [6.45, 7) is 2.12. The van der Waals surface area contributed by atoms with Crippen LogP contribution in [0.5, 0.6) is 5.75 Å². The first-order valence-electron chi connectivity index (χ1n) is 5.80. The molecular weight excluding hydrogens is 268 g/mol. The van der Waals surface area contributed by atoms with Crippen LogP contribution in [0.2, 0.25) is 5.02 Å². The number of nitrogens with one attached hydrogen (secondary N) is 1. The Kier molecular flexibility index (Phi) is 4.06. The van der Waals surface area contributed by atoms with Crippen molar-refractivity contribution in [1.82, 2.24) is 10.3 Å². The topological polar surface area (TPSA) is 75.4 Å². The Labute approximate surface area is 115 Å². The van der Waals surface area contributed by atoms with Gasteiger partial charge in [-0.15, -0.1) is 0 Å².